The van der Waals surface area contributed by atoms with Crippen molar-refractivity contribution in [1.29, 1.82) is 0 Å². The first-order valence-electron chi connectivity index (χ1n) is 16.0. The zero-order valence-electron chi connectivity index (χ0n) is 26.5. The van der Waals surface area contributed by atoms with Crippen LogP contribution in [-0.4, -0.2) is 14.1 Å². The van der Waals surface area contributed by atoms with Crippen molar-refractivity contribution in [2.75, 3.05) is 23.9 Å². The van der Waals surface area contributed by atoms with Crippen molar-refractivity contribution in [3.05, 3.63) is 156 Å². The van der Waals surface area contributed by atoms with E-state index in [9.17, 15) is 0 Å². The first kappa shape index (κ1) is 28.0. The molecular formula is C43H36N2O. The Bertz CT molecular complexity index is 2180. The molecule has 0 fully saturated rings. The van der Waals surface area contributed by atoms with Crippen LogP contribution in [0.1, 0.15) is 30.2 Å². The van der Waals surface area contributed by atoms with Gasteiger partial charge in [0.25, 0.3) is 0 Å². The topological polar surface area (TPSA) is 19.6 Å². The average Bonchev–Trinajstić information content (AvgIpc) is 3.48. The normalized spacial score (nSPS) is 15.1. The molecule has 0 spiro atoms. The van der Waals surface area contributed by atoms with Crippen LogP contribution in [-0.2, 0) is 6.42 Å². The molecule has 0 unspecified atom stereocenters. The van der Waals surface area contributed by atoms with Gasteiger partial charge in [-0.3, -0.25) is 0 Å². The quantitative estimate of drug-likeness (QED) is 0.197. The second kappa shape index (κ2) is 11.4. The average molecular weight is 597 g/mol. The van der Waals surface area contributed by atoms with Gasteiger partial charge in [-0.05, 0) is 89.1 Å². The minimum absolute atomic E-state index is 0.941. The van der Waals surface area contributed by atoms with Crippen LogP contribution < -0.4 is 9.80 Å². The minimum Gasteiger partial charge on any atom is -0.456 e. The van der Waals surface area contributed by atoms with E-state index in [1.165, 1.54) is 67.0 Å². The Kier molecular flexibility index (Phi) is 6.95. The van der Waals surface area contributed by atoms with Gasteiger partial charge in [-0.15, -0.1) is 0 Å². The van der Waals surface area contributed by atoms with Crippen LogP contribution in [0.4, 0.5) is 11.4 Å². The maximum absolute atomic E-state index is 6.60. The van der Waals surface area contributed by atoms with E-state index in [1.807, 2.05) is 0 Å². The van der Waals surface area contributed by atoms with E-state index in [1.54, 1.807) is 0 Å². The number of aryl methyl sites for hydroxylation is 1. The highest BCUT2D eigenvalue weighted by molar-refractivity contribution is 5.96. The summed E-state index contributed by atoms with van der Waals surface area (Å²) in [4.78, 5) is 4.52. The third-order valence-corrected chi connectivity index (χ3v) is 9.46. The monoisotopic (exact) mass is 596 g/mol. The molecule has 8 rings (SSSR count). The van der Waals surface area contributed by atoms with Crippen molar-refractivity contribution in [1.82, 2.24) is 0 Å². The lowest BCUT2D eigenvalue weighted by atomic mass is 9.89. The molecule has 0 amide bonds. The van der Waals surface area contributed by atoms with Crippen molar-refractivity contribution in [2.24, 2.45) is 0 Å². The Morgan fingerprint density at radius 1 is 0.696 bits per heavy atom. The lowest BCUT2D eigenvalue weighted by Gasteiger charge is -2.25. The Hall–Kier alpha value is -5.54. The van der Waals surface area contributed by atoms with Gasteiger partial charge in [0.05, 0.1) is 0 Å². The number of allylic oxidation sites excluding steroid dienone is 4. The maximum atomic E-state index is 6.60. The number of fused-ring (bicyclic) bond motifs is 7. The lowest BCUT2D eigenvalue weighted by Crippen LogP contribution is -2.18. The van der Waals surface area contributed by atoms with Crippen LogP contribution in [0, 0.1) is 0 Å². The van der Waals surface area contributed by atoms with Gasteiger partial charge in [-0.1, -0.05) is 97.1 Å². The molecule has 5 aromatic carbocycles. The summed E-state index contributed by atoms with van der Waals surface area (Å²) < 4.78 is 6.60. The van der Waals surface area contributed by atoms with Crippen molar-refractivity contribution in [3.8, 4) is 33.4 Å². The van der Waals surface area contributed by atoms with E-state index in [-0.39, 0.29) is 0 Å². The predicted octanol–water partition coefficient (Wildman–Crippen LogP) is 11.2. The third kappa shape index (κ3) is 4.85. The van der Waals surface area contributed by atoms with E-state index >= 15 is 0 Å². The smallest absolute Gasteiger partial charge is 0.135 e. The number of hydrogen-bond donors (Lipinski definition) is 0. The number of benzene rings is 5. The second-order valence-electron chi connectivity index (χ2n) is 12.2. The molecule has 0 saturated heterocycles. The Labute approximate surface area is 271 Å². The summed E-state index contributed by atoms with van der Waals surface area (Å²) in [6, 6.07) is 41.5. The molecule has 0 N–H and O–H groups in total. The number of nitrogens with zero attached hydrogens (tertiary/aromatic N) is 2. The van der Waals surface area contributed by atoms with Crippen LogP contribution >= 0.6 is 0 Å². The van der Waals surface area contributed by atoms with Crippen LogP contribution in [0.2, 0.25) is 0 Å². The maximum Gasteiger partial charge on any atom is 0.135 e. The molecule has 1 aliphatic heterocycles. The minimum atomic E-state index is 0.941. The van der Waals surface area contributed by atoms with Gasteiger partial charge in [0.1, 0.15) is 11.3 Å². The fourth-order valence-electron chi connectivity index (χ4n) is 7.01. The molecular weight excluding hydrogens is 560 g/mol. The molecule has 0 radical (unpaired) electrons. The fourth-order valence-corrected chi connectivity index (χ4v) is 7.01. The first-order valence-corrected chi connectivity index (χ1v) is 16.0. The predicted molar refractivity (Wildman–Crippen MR) is 195 cm³/mol. The fraction of sp³-hybridized carbons (Fsp3) is 0.116. The lowest BCUT2D eigenvalue weighted by molar-refractivity contribution is 0.593. The van der Waals surface area contributed by atoms with E-state index in [0.29, 0.717) is 0 Å². The van der Waals surface area contributed by atoms with E-state index in [2.05, 4.69) is 171 Å². The van der Waals surface area contributed by atoms with E-state index in [0.717, 1.165) is 29.7 Å². The molecule has 3 nitrogen and oxygen atoms in total. The van der Waals surface area contributed by atoms with Gasteiger partial charge in [-0.25, -0.2) is 0 Å². The molecule has 6 aromatic rings. The van der Waals surface area contributed by atoms with Crippen LogP contribution in [0.15, 0.2) is 144 Å². The SMILES string of the molecule is C/C=C\C1=C\N(C)c2ccccc2-c2ccc(-c3ccc4c5c(oc4c3)C=C(N(C)c3ccc(-c4ccccc4)cc3)CC5)c1c2. The zero-order chi connectivity index (χ0) is 31.2. The second-order valence-corrected chi connectivity index (χ2v) is 12.2. The number of rotatable bonds is 5. The van der Waals surface area contributed by atoms with Crippen molar-refractivity contribution in [2.45, 2.75) is 19.8 Å². The molecule has 46 heavy (non-hydrogen) atoms. The van der Waals surface area contributed by atoms with Crippen molar-refractivity contribution >= 4 is 34.0 Å². The van der Waals surface area contributed by atoms with Gasteiger partial charge >= 0.3 is 0 Å². The summed E-state index contributed by atoms with van der Waals surface area (Å²) in [6.45, 7) is 2.08. The highest BCUT2D eigenvalue weighted by atomic mass is 16.3. The van der Waals surface area contributed by atoms with E-state index < -0.39 is 0 Å². The molecule has 1 aliphatic carbocycles. The summed E-state index contributed by atoms with van der Waals surface area (Å²) >= 11 is 0. The zero-order valence-corrected chi connectivity index (χ0v) is 26.5. The summed E-state index contributed by atoms with van der Waals surface area (Å²) in [5.41, 5.74) is 15.6. The van der Waals surface area contributed by atoms with Crippen LogP contribution in [0.25, 0.3) is 56.0 Å². The molecule has 0 atom stereocenters. The number of hydrogen-bond acceptors (Lipinski definition) is 3. The molecule has 2 bridgehead atoms. The largest absolute Gasteiger partial charge is 0.456 e. The highest BCUT2D eigenvalue weighted by Gasteiger charge is 2.22. The van der Waals surface area contributed by atoms with Crippen molar-refractivity contribution < 1.29 is 4.42 Å². The van der Waals surface area contributed by atoms with Gasteiger partial charge in [0.2, 0.25) is 0 Å². The van der Waals surface area contributed by atoms with E-state index in [4.69, 9.17) is 4.42 Å². The third-order valence-electron chi connectivity index (χ3n) is 9.46. The molecule has 1 aromatic heterocycles. The number of anilines is 2. The molecule has 2 aliphatic rings. The molecule has 3 heteroatoms. The molecule has 2 heterocycles. The van der Waals surface area contributed by atoms with Gasteiger partial charge < -0.3 is 14.2 Å². The van der Waals surface area contributed by atoms with Gasteiger partial charge in [0, 0.05) is 60.0 Å². The Balaban J connectivity index is 1.14. The van der Waals surface area contributed by atoms with Crippen LogP contribution in [0.5, 0.6) is 0 Å². The summed E-state index contributed by atoms with van der Waals surface area (Å²) in [5, 5.41) is 1.21. The van der Waals surface area contributed by atoms with Crippen molar-refractivity contribution in [3.63, 3.8) is 0 Å². The molecule has 0 saturated carbocycles. The molecule has 224 valence electrons. The Morgan fingerprint density at radius 2 is 1.41 bits per heavy atom. The summed E-state index contributed by atoms with van der Waals surface area (Å²) in [5.74, 6) is 0.971. The van der Waals surface area contributed by atoms with Gasteiger partial charge in [0.15, 0.2) is 0 Å². The summed E-state index contributed by atoms with van der Waals surface area (Å²) in [6.07, 6.45) is 10.7. The van der Waals surface area contributed by atoms with Crippen LogP contribution in [0.3, 0.4) is 0 Å². The number of para-hydroxylation sites is 1. The summed E-state index contributed by atoms with van der Waals surface area (Å²) in [7, 11) is 4.28. The first-order chi connectivity index (χ1) is 22.6. The van der Waals surface area contributed by atoms with Gasteiger partial charge in [-0.2, -0.15) is 0 Å². The Morgan fingerprint density at radius 3 is 2.24 bits per heavy atom. The highest BCUT2D eigenvalue weighted by Crippen LogP contribution is 2.42. The standard InChI is InChI=1S/C43H36N2O/c1-4-10-33-28-44(2)41-14-9-8-13-37(41)31-17-22-36(40(33)25-31)32-18-23-38-39-24-21-35(27-43(39)46-42(38)26-32)45(3)34-19-15-30(16-20-34)29-11-6-5-7-12-29/h4-20,22-23,25-28H,21,24H2,1-3H3/b10-4-,33-28-. The number of furan rings is 1.